The average Bonchev–Trinajstić information content (AvgIpc) is 3.07. The summed E-state index contributed by atoms with van der Waals surface area (Å²) in [4.78, 5) is 14.9. The Morgan fingerprint density at radius 3 is 2.92 bits per heavy atom. The van der Waals surface area contributed by atoms with Crippen LogP contribution in [0.4, 0.5) is 0 Å². The number of hydrogen-bond donors (Lipinski definition) is 1. The molecule has 0 aliphatic carbocycles. The molecule has 5 nitrogen and oxygen atoms in total. The van der Waals surface area contributed by atoms with E-state index in [1.54, 1.807) is 6.20 Å². The molecule has 0 spiro atoms. The lowest BCUT2D eigenvalue weighted by molar-refractivity contribution is -0.139. The molecule has 0 radical (unpaired) electrons. The van der Waals surface area contributed by atoms with Crippen molar-refractivity contribution in [1.82, 2.24) is 15.1 Å². The summed E-state index contributed by atoms with van der Waals surface area (Å²) in [7, 11) is 0. The van der Waals surface area contributed by atoms with Crippen LogP contribution in [0.5, 0.6) is 0 Å². The van der Waals surface area contributed by atoms with Gasteiger partial charge in [0.2, 0.25) is 5.91 Å². The van der Waals surface area contributed by atoms with Crippen molar-refractivity contribution >= 4 is 16.7 Å². The van der Waals surface area contributed by atoms with Gasteiger partial charge in [0, 0.05) is 6.54 Å². The van der Waals surface area contributed by atoms with E-state index in [2.05, 4.69) is 34.5 Å². The zero-order valence-electron chi connectivity index (χ0n) is 14.2. The number of aromatic nitrogens is 2. The molecule has 25 heavy (non-hydrogen) atoms. The van der Waals surface area contributed by atoms with E-state index < -0.39 is 0 Å². The molecule has 1 amide bonds. The highest BCUT2D eigenvalue weighted by Crippen LogP contribution is 2.26. The summed E-state index contributed by atoms with van der Waals surface area (Å²) in [6, 6.07) is 14.3. The van der Waals surface area contributed by atoms with Crippen molar-refractivity contribution in [2.75, 3.05) is 19.8 Å². The monoisotopic (exact) mass is 335 g/mol. The predicted octanol–water partition coefficient (Wildman–Crippen LogP) is 3.01. The molecule has 5 heteroatoms. The van der Waals surface area contributed by atoms with E-state index >= 15 is 0 Å². The van der Waals surface area contributed by atoms with Gasteiger partial charge < -0.3 is 9.64 Å². The normalized spacial score (nSPS) is 17.8. The number of rotatable bonds is 3. The Hall–Kier alpha value is -2.66. The molecule has 2 aromatic carbocycles. The van der Waals surface area contributed by atoms with Crippen molar-refractivity contribution in [2.24, 2.45) is 0 Å². The van der Waals surface area contributed by atoms with Gasteiger partial charge in [-0.3, -0.25) is 9.89 Å². The van der Waals surface area contributed by atoms with Crippen LogP contribution in [0, 0.1) is 6.92 Å². The zero-order chi connectivity index (χ0) is 17.2. The molecular formula is C20H21N3O2. The average molecular weight is 335 g/mol. The van der Waals surface area contributed by atoms with Gasteiger partial charge in [0.1, 0.15) is 0 Å². The largest absolute Gasteiger partial charge is 0.377 e. The summed E-state index contributed by atoms with van der Waals surface area (Å²) >= 11 is 0. The van der Waals surface area contributed by atoms with Gasteiger partial charge in [-0.25, -0.2) is 0 Å². The third-order valence-corrected chi connectivity index (χ3v) is 4.82. The van der Waals surface area contributed by atoms with Gasteiger partial charge >= 0.3 is 0 Å². The number of ether oxygens (including phenoxy) is 1. The summed E-state index contributed by atoms with van der Waals surface area (Å²) in [6.45, 7) is 3.69. The number of amides is 1. The lowest BCUT2D eigenvalue weighted by Crippen LogP contribution is -2.44. The Morgan fingerprint density at radius 1 is 1.28 bits per heavy atom. The number of hydrogen-bond acceptors (Lipinski definition) is 3. The Bertz CT molecular complexity index is 903. The summed E-state index contributed by atoms with van der Waals surface area (Å²) in [5, 5.41) is 9.47. The van der Waals surface area contributed by atoms with Crippen LogP contribution in [-0.4, -0.2) is 40.8 Å². The van der Waals surface area contributed by atoms with Crippen LogP contribution in [-0.2, 0) is 16.0 Å². The van der Waals surface area contributed by atoms with E-state index in [4.69, 9.17) is 4.74 Å². The van der Waals surface area contributed by atoms with E-state index in [1.165, 1.54) is 5.39 Å². The van der Waals surface area contributed by atoms with E-state index in [0.29, 0.717) is 26.2 Å². The molecule has 1 fully saturated rings. The van der Waals surface area contributed by atoms with Crippen LogP contribution < -0.4 is 0 Å². The SMILES string of the molecule is Cc1cn[nH]c1[C@H]1COCCN1C(=O)Cc1ccc2ccccc2c1. The third kappa shape index (κ3) is 3.15. The van der Waals surface area contributed by atoms with Crippen molar-refractivity contribution in [3.8, 4) is 0 Å². The first kappa shape index (κ1) is 15.8. The highest BCUT2D eigenvalue weighted by Gasteiger charge is 2.30. The second kappa shape index (κ2) is 6.69. The van der Waals surface area contributed by atoms with Gasteiger partial charge in [0.05, 0.1) is 37.6 Å². The Kier molecular flexibility index (Phi) is 4.24. The fraction of sp³-hybridized carbons (Fsp3) is 0.300. The molecule has 128 valence electrons. The summed E-state index contributed by atoms with van der Waals surface area (Å²) in [6.07, 6.45) is 2.18. The quantitative estimate of drug-likeness (QED) is 0.800. The number of carbonyl (C=O) groups excluding carboxylic acids is 1. The number of nitrogens with one attached hydrogen (secondary N) is 1. The van der Waals surface area contributed by atoms with Crippen LogP contribution >= 0.6 is 0 Å². The Balaban J connectivity index is 1.56. The van der Waals surface area contributed by atoms with E-state index in [0.717, 1.165) is 22.2 Å². The van der Waals surface area contributed by atoms with E-state index in [9.17, 15) is 4.79 Å². The molecule has 0 bridgehead atoms. The molecule has 1 saturated heterocycles. The van der Waals surface area contributed by atoms with Crippen LogP contribution in [0.2, 0.25) is 0 Å². The second-order valence-corrected chi connectivity index (χ2v) is 6.50. The predicted molar refractivity (Wildman–Crippen MR) is 96.2 cm³/mol. The van der Waals surface area contributed by atoms with E-state index in [1.807, 2.05) is 30.0 Å². The highest BCUT2D eigenvalue weighted by atomic mass is 16.5. The minimum atomic E-state index is -0.0933. The fourth-order valence-electron chi connectivity index (χ4n) is 3.46. The minimum Gasteiger partial charge on any atom is -0.377 e. The number of fused-ring (bicyclic) bond motifs is 1. The van der Waals surface area contributed by atoms with Crippen molar-refractivity contribution in [3.05, 3.63) is 65.5 Å². The molecule has 1 aliphatic rings. The summed E-state index contributed by atoms with van der Waals surface area (Å²) < 4.78 is 5.61. The van der Waals surface area contributed by atoms with Crippen molar-refractivity contribution in [3.63, 3.8) is 0 Å². The summed E-state index contributed by atoms with van der Waals surface area (Å²) in [5.41, 5.74) is 3.06. The lowest BCUT2D eigenvalue weighted by atomic mass is 10.0. The maximum atomic E-state index is 13.0. The molecule has 0 saturated carbocycles. The lowest BCUT2D eigenvalue weighted by Gasteiger charge is -2.35. The Labute approximate surface area is 146 Å². The number of aromatic amines is 1. The first-order chi connectivity index (χ1) is 12.2. The van der Waals surface area contributed by atoms with Gasteiger partial charge in [-0.1, -0.05) is 42.5 Å². The summed E-state index contributed by atoms with van der Waals surface area (Å²) in [5.74, 6) is 0.123. The molecule has 1 N–H and O–H groups in total. The zero-order valence-corrected chi connectivity index (χ0v) is 14.2. The number of nitrogens with zero attached hydrogens (tertiary/aromatic N) is 2. The van der Waals surface area contributed by atoms with Crippen molar-refractivity contribution in [2.45, 2.75) is 19.4 Å². The Morgan fingerprint density at radius 2 is 2.12 bits per heavy atom. The molecule has 2 heterocycles. The number of morpholine rings is 1. The number of H-pyrrole nitrogens is 1. The van der Waals surface area contributed by atoms with Gasteiger partial charge in [-0.15, -0.1) is 0 Å². The van der Waals surface area contributed by atoms with Crippen LogP contribution in [0.3, 0.4) is 0 Å². The number of benzene rings is 2. The second-order valence-electron chi connectivity index (χ2n) is 6.50. The standard InChI is InChI=1S/C20H21N3O2/c1-14-12-21-22-20(14)18-13-25-9-8-23(18)19(24)11-15-6-7-16-4-2-3-5-17(16)10-15/h2-7,10,12,18H,8-9,11,13H2,1H3,(H,21,22)/t18-/m1/s1. The number of carbonyl (C=O) groups is 1. The smallest absolute Gasteiger partial charge is 0.227 e. The van der Waals surface area contributed by atoms with Gasteiger partial charge in [0.15, 0.2) is 0 Å². The first-order valence-electron chi connectivity index (χ1n) is 8.57. The first-order valence-corrected chi connectivity index (χ1v) is 8.57. The fourth-order valence-corrected chi connectivity index (χ4v) is 3.46. The molecule has 0 unspecified atom stereocenters. The van der Waals surface area contributed by atoms with E-state index in [-0.39, 0.29) is 11.9 Å². The van der Waals surface area contributed by atoms with Crippen molar-refractivity contribution in [1.29, 1.82) is 0 Å². The molecule has 1 aromatic heterocycles. The highest BCUT2D eigenvalue weighted by molar-refractivity contribution is 5.85. The molecule has 4 rings (SSSR count). The van der Waals surface area contributed by atoms with Gasteiger partial charge in [-0.05, 0) is 28.8 Å². The van der Waals surface area contributed by atoms with Gasteiger partial charge in [0.25, 0.3) is 0 Å². The molecule has 1 aliphatic heterocycles. The number of aryl methyl sites for hydroxylation is 1. The maximum Gasteiger partial charge on any atom is 0.227 e. The van der Waals surface area contributed by atoms with Crippen molar-refractivity contribution < 1.29 is 9.53 Å². The topological polar surface area (TPSA) is 58.2 Å². The van der Waals surface area contributed by atoms with Crippen LogP contribution in [0.15, 0.2) is 48.7 Å². The van der Waals surface area contributed by atoms with Crippen LogP contribution in [0.25, 0.3) is 10.8 Å². The van der Waals surface area contributed by atoms with Gasteiger partial charge in [-0.2, -0.15) is 5.10 Å². The molecule has 1 atom stereocenters. The van der Waals surface area contributed by atoms with Crippen LogP contribution in [0.1, 0.15) is 22.9 Å². The maximum absolute atomic E-state index is 13.0. The molecule has 3 aromatic rings. The third-order valence-electron chi connectivity index (χ3n) is 4.82. The molecular weight excluding hydrogens is 314 g/mol. The minimum absolute atomic E-state index is 0.0933.